The Balaban J connectivity index is 1.72. The minimum Gasteiger partial charge on any atom is -0.314 e. The van der Waals surface area contributed by atoms with Gasteiger partial charge in [0, 0.05) is 41.6 Å². The van der Waals surface area contributed by atoms with Gasteiger partial charge in [-0.2, -0.15) is 23.5 Å². The highest BCUT2D eigenvalue weighted by Crippen LogP contribution is 2.26. The topological polar surface area (TPSA) is 15.3 Å². The number of hydrogen-bond acceptors (Lipinski definition) is 4. The maximum absolute atomic E-state index is 3.62. The van der Waals surface area contributed by atoms with Crippen LogP contribution in [0.15, 0.2) is 0 Å². The van der Waals surface area contributed by atoms with E-state index in [4.69, 9.17) is 0 Å². The molecule has 0 spiro atoms. The Morgan fingerprint density at radius 2 is 2.24 bits per heavy atom. The van der Waals surface area contributed by atoms with Crippen LogP contribution < -0.4 is 5.32 Å². The second kappa shape index (κ2) is 7.27. The third kappa shape index (κ3) is 4.34. The predicted octanol–water partition coefficient (Wildman–Crippen LogP) is 2.15. The quantitative estimate of drug-likeness (QED) is 0.844. The minimum absolute atomic E-state index is 0.754. The number of likely N-dealkylation sites (tertiary alicyclic amines) is 1. The molecule has 2 aliphatic rings. The minimum atomic E-state index is 0.754. The molecule has 4 heteroatoms. The first-order valence-corrected chi connectivity index (χ1v) is 9.15. The van der Waals surface area contributed by atoms with Crippen molar-refractivity contribution < 1.29 is 0 Å². The molecule has 1 N–H and O–H groups in total. The van der Waals surface area contributed by atoms with Gasteiger partial charge in [-0.15, -0.1) is 0 Å². The Bertz CT molecular complexity index is 219. The van der Waals surface area contributed by atoms with Crippen LogP contribution in [0.25, 0.3) is 0 Å². The fraction of sp³-hybridized carbons (Fsp3) is 1.00. The molecule has 2 heterocycles. The maximum Gasteiger partial charge on any atom is 0.0265 e. The fourth-order valence-electron chi connectivity index (χ4n) is 2.89. The van der Waals surface area contributed by atoms with E-state index in [1.807, 2.05) is 0 Å². The molecule has 0 aromatic carbocycles. The molecule has 2 nitrogen and oxygen atoms in total. The van der Waals surface area contributed by atoms with Crippen molar-refractivity contribution in [2.75, 3.05) is 43.4 Å². The van der Waals surface area contributed by atoms with Crippen molar-refractivity contribution in [2.45, 2.75) is 31.6 Å². The zero-order valence-corrected chi connectivity index (χ0v) is 12.8. The van der Waals surface area contributed by atoms with Crippen LogP contribution in [0.4, 0.5) is 0 Å². The molecule has 0 saturated carbocycles. The number of hydrogen-bond donors (Lipinski definition) is 1. The molecule has 3 atom stereocenters. The molecule has 3 unspecified atom stereocenters. The van der Waals surface area contributed by atoms with Crippen molar-refractivity contribution in [1.82, 2.24) is 10.2 Å². The molecule has 2 aliphatic heterocycles. The van der Waals surface area contributed by atoms with E-state index in [9.17, 15) is 0 Å². The van der Waals surface area contributed by atoms with Crippen molar-refractivity contribution in [1.29, 1.82) is 0 Å². The molecular formula is C13H26N2S2. The first-order chi connectivity index (χ1) is 8.29. The molecule has 0 aliphatic carbocycles. The van der Waals surface area contributed by atoms with Gasteiger partial charge in [-0.25, -0.2) is 0 Å². The van der Waals surface area contributed by atoms with E-state index in [0.717, 1.165) is 23.8 Å². The van der Waals surface area contributed by atoms with Crippen molar-refractivity contribution in [3.05, 3.63) is 0 Å². The molecule has 0 radical (unpaired) electrons. The van der Waals surface area contributed by atoms with E-state index in [1.54, 1.807) is 0 Å². The van der Waals surface area contributed by atoms with Crippen molar-refractivity contribution in [3.63, 3.8) is 0 Å². The third-order valence-corrected chi connectivity index (χ3v) is 6.63. The Labute approximate surface area is 115 Å². The van der Waals surface area contributed by atoms with Gasteiger partial charge in [0.2, 0.25) is 0 Å². The average molecular weight is 274 g/mol. The lowest BCUT2D eigenvalue weighted by atomic mass is 9.94. The monoisotopic (exact) mass is 274 g/mol. The van der Waals surface area contributed by atoms with Crippen LogP contribution >= 0.6 is 23.5 Å². The summed E-state index contributed by atoms with van der Waals surface area (Å²) in [7, 11) is 0. The van der Waals surface area contributed by atoms with Crippen LogP contribution in [-0.2, 0) is 0 Å². The second-order valence-electron chi connectivity index (χ2n) is 5.26. The molecule has 0 bridgehead atoms. The van der Waals surface area contributed by atoms with Gasteiger partial charge in [0.25, 0.3) is 0 Å². The van der Waals surface area contributed by atoms with E-state index < -0.39 is 0 Å². The van der Waals surface area contributed by atoms with Crippen LogP contribution in [0, 0.1) is 5.92 Å². The number of nitrogens with zero attached hydrogens (tertiary/aromatic N) is 1. The summed E-state index contributed by atoms with van der Waals surface area (Å²) in [5, 5.41) is 4.51. The van der Waals surface area contributed by atoms with Gasteiger partial charge < -0.3 is 10.2 Å². The zero-order valence-electron chi connectivity index (χ0n) is 11.2. The summed E-state index contributed by atoms with van der Waals surface area (Å²) in [6, 6.07) is 0.754. The summed E-state index contributed by atoms with van der Waals surface area (Å²) >= 11 is 4.33. The first kappa shape index (κ1) is 14.0. The number of piperidine rings is 1. The Morgan fingerprint density at radius 1 is 1.35 bits per heavy atom. The highest BCUT2D eigenvalue weighted by molar-refractivity contribution is 8.06. The number of rotatable bonds is 4. The Hall–Kier alpha value is 0.620. The van der Waals surface area contributed by atoms with Crippen LogP contribution in [0.5, 0.6) is 0 Å². The summed E-state index contributed by atoms with van der Waals surface area (Å²) in [4.78, 5) is 2.70. The molecule has 0 aromatic rings. The van der Waals surface area contributed by atoms with E-state index in [-0.39, 0.29) is 0 Å². The van der Waals surface area contributed by atoms with E-state index >= 15 is 0 Å². The molecule has 100 valence electrons. The molecule has 2 fully saturated rings. The summed E-state index contributed by atoms with van der Waals surface area (Å²) < 4.78 is 0. The lowest BCUT2D eigenvalue weighted by Crippen LogP contribution is -2.50. The van der Waals surface area contributed by atoms with Crippen LogP contribution in [0.1, 0.15) is 20.3 Å². The predicted molar refractivity (Wildman–Crippen MR) is 81.3 cm³/mol. The van der Waals surface area contributed by atoms with Gasteiger partial charge in [-0.3, -0.25) is 0 Å². The average Bonchev–Trinajstić information content (AvgIpc) is 2.34. The standard InChI is InChI=1S/C13H26N2S2/c1-3-14-13-4-5-15(8-11(13)2)9-12-10-16-6-7-17-12/h11-14H,3-10H2,1-2H3. The van der Waals surface area contributed by atoms with Gasteiger partial charge in [-0.05, 0) is 25.4 Å². The zero-order chi connectivity index (χ0) is 12.1. The third-order valence-electron chi connectivity index (χ3n) is 3.80. The van der Waals surface area contributed by atoms with Gasteiger partial charge in [-0.1, -0.05) is 13.8 Å². The van der Waals surface area contributed by atoms with Gasteiger partial charge >= 0.3 is 0 Å². The summed E-state index contributed by atoms with van der Waals surface area (Å²) in [5.74, 6) is 4.90. The molecule has 0 amide bonds. The highest BCUT2D eigenvalue weighted by Gasteiger charge is 2.27. The van der Waals surface area contributed by atoms with Gasteiger partial charge in [0.1, 0.15) is 0 Å². The van der Waals surface area contributed by atoms with Crippen LogP contribution in [0.3, 0.4) is 0 Å². The van der Waals surface area contributed by atoms with Crippen molar-refractivity contribution in [2.24, 2.45) is 5.92 Å². The molecular weight excluding hydrogens is 248 g/mol. The number of nitrogens with one attached hydrogen (secondary N) is 1. The Morgan fingerprint density at radius 3 is 2.88 bits per heavy atom. The normalized spacial score (nSPS) is 36.0. The molecule has 17 heavy (non-hydrogen) atoms. The van der Waals surface area contributed by atoms with Crippen LogP contribution in [0.2, 0.25) is 0 Å². The largest absolute Gasteiger partial charge is 0.314 e. The fourth-order valence-corrected chi connectivity index (χ4v) is 5.61. The summed E-state index contributed by atoms with van der Waals surface area (Å²) in [6.45, 7) is 9.64. The van der Waals surface area contributed by atoms with E-state index in [1.165, 1.54) is 43.3 Å². The molecule has 2 rings (SSSR count). The van der Waals surface area contributed by atoms with Gasteiger partial charge in [0.05, 0.1) is 0 Å². The lowest BCUT2D eigenvalue weighted by molar-refractivity contribution is 0.150. The molecule has 0 aromatic heterocycles. The Kier molecular flexibility index (Phi) is 6.00. The van der Waals surface area contributed by atoms with E-state index in [0.29, 0.717) is 0 Å². The lowest BCUT2D eigenvalue weighted by Gasteiger charge is -2.39. The SMILES string of the molecule is CCNC1CCN(CC2CSCCS2)CC1C. The molecule has 2 saturated heterocycles. The number of thioether (sulfide) groups is 2. The highest BCUT2D eigenvalue weighted by atomic mass is 32.2. The van der Waals surface area contributed by atoms with Crippen molar-refractivity contribution >= 4 is 23.5 Å². The van der Waals surface area contributed by atoms with Crippen LogP contribution in [-0.4, -0.2) is 59.6 Å². The second-order valence-corrected chi connectivity index (χ2v) is 7.82. The maximum atomic E-state index is 3.62. The van der Waals surface area contributed by atoms with E-state index in [2.05, 4.69) is 47.6 Å². The van der Waals surface area contributed by atoms with Gasteiger partial charge in [0.15, 0.2) is 0 Å². The van der Waals surface area contributed by atoms with Crippen molar-refractivity contribution in [3.8, 4) is 0 Å². The summed E-state index contributed by atoms with van der Waals surface area (Å²) in [6.07, 6.45) is 1.33. The first-order valence-electron chi connectivity index (χ1n) is 6.94. The smallest absolute Gasteiger partial charge is 0.0265 e. The summed E-state index contributed by atoms with van der Waals surface area (Å²) in [5.41, 5.74) is 0.